The second-order valence-corrected chi connectivity index (χ2v) is 6.83. The molecule has 0 heterocycles. The van der Waals surface area contributed by atoms with E-state index in [2.05, 4.69) is 4.72 Å². The fourth-order valence-corrected chi connectivity index (χ4v) is 3.75. The van der Waals surface area contributed by atoms with Gasteiger partial charge in [-0.3, -0.25) is 4.72 Å². The van der Waals surface area contributed by atoms with Crippen molar-refractivity contribution in [1.29, 1.82) is 0 Å². The van der Waals surface area contributed by atoms with E-state index in [-0.39, 0.29) is 20.6 Å². The van der Waals surface area contributed by atoms with E-state index in [4.69, 9.17) is 28.9 Å². The van der Waals surface area contributed by atoms with E-state index in [9.17, 15) is 8.42 Å². The third kappa shape index (κ3) is 3.26. The predicted octanol–water partition coefficient (Wildman–Crippen LogP) is 3.94. The number of halogens is 2. The Morgan fingerprint density at radius 3 is 2.48 bits per heavy atom. The molecule has 3 N–H and O–H groups in total. The van der Waals surface area contributed by atoms with Crippen molar-refractivity contribution in [3.63, 3.8) is 0 Å². The highest BCUT2D eigenvalue weighted by Crippen LogP contribution is 2.34. The van der Waals surface area contributed by atoms with Gasteiger partial charge in [-0.15, -0.1) is 0 Å². The summed E-state index contributed by atoms with van der Waals surface area (Å²) in [5, 5.41) is 0.136. The van der Waals surface area contributed by atoms with Crippen LogP contribution in [0.2, 0.25) is 10.0 Å². The van der Waals surface area contributed by atoms with E-state index in [1.54, 1.807) is 12.1 Å². The summed E-state index contributed by atoms with van der Waals surface area (Å²) in [7, 11) is -3.84. The van der Waals surface area contributed by atoms with Gasteiger partial charge in [-0.25, -0.2) is 8.42 Å². The molecule has 4 nitrogen and oxygen atoms in total. The molecule has 112 valence electrons. The fraction of sp³-hybridized carbons (Fsp3) is 0.143. The molecular formula is C14H14Cl2N2O2S. The molecule has 0 amide bonds. The van der Waals surface area contributed by atoms with Gasteiger partial charge in [-0.05, 0) is 30.2 Å². The van der Waals surface area contributed by atoms with Crippen LogP contribution in [-0.2, 0) is 16.4 Å². The van der Waals surface area contributed by atoms with Crippen molar-refractivity contribution in [3.05, 3.63) is 52.0 Å². The van der Waals surface area contributed by atoms with Gasteiger partial charge >= 0.3 is 0 Å². The second kappa shape index (κ2) is 6.13. The summed E-state index contributed by atoms with van der Waals surface area (Å²) in [5.41, 5.74) is 7.13. The summed E-state index contributed by atoms with van der Waals surface area (Å²) in [5.74, 6) is 0. The molecule has 0 atom stereocenters. The van der Waals surface area contributed by atoms with Crippen molar-refractivity contribution in [2.45, 2.75) is 18.2 Å². The Balaban J connectivity index is 2.46. The molecular weight excluding hydrogens is 331 g/mol. The average Bonchev–Trinajstić information content (AvgIpc) is 2.44. The van der Waals surface area contributed by atoms with Gasteiger partial charge in [0.1, 0.15) is 4.90 Å². The molecule has 0 unspecified atom stereocenters. The van der Waals surface area contributed by atoms with Crippen LogP contribution < -0.4 is 10.5 Å². The Morgan fingerprint density at radius 2 is 1.81 bits per heavy atom. The molecule has 2 aromatic rings. The minimum Gasteiger partial charge on any atom is -0.396 e. The van der Waals surface area contributed by atoms with Crippen LogP contribution in [0.5, 0.6) is 0 Å². The van der Waals surface area contributed by atoms with E-state index in [0.29, 0.717) is 12.1 Å². The summed E-state index contributed by atoms with van der Waals surface area (Å²) in [6.07, 6.45) is 0.704. The Kier molecular flexibility index (Phi) is 4.66. The number of nitrogen functional groups attached to an aromatic ring is 1. The third-order valence-corrected chi connectivity index (χ3v) is 5.28. The number of aryl methyl sites for hydroxylation is 1. The smallest absolute Gasteiger partial charge is 0.263 e. The minimum atomic E-state index is -3.84. The number of sulfonamides is 1. The third-order valence-electron chi connectivity index (χ3n) is 3.02. The van der Waals surface area contributed by atoms with Crippen LogP contribution in [0.25, 0.3) is 0 Å². The number of nitrogens with one attached hydrogen (secondary N) is 1. The van der Waals surface area contributed by atoms with Gasteiger partial charge in [0.15, 0.2) is 0 Å². The first-order valence-electron chi connectivity index (χ1n) is 6.21. The van der Waals surface area contributed by atoms with Gasteiger partial charge in [0.2, 0.25) is 0 Å². The SMILES string of the molecule is CCc1ccccc1NS(=O)(=O)c1ccc(Cl)c(N)c1Cl. The van der Waals surface area contributed by atoms with Gasteiger partial charge in [0, 0.05) is 0 Å². The maximum atomic E-state index is 12.5. The summed E-state index contributed by atoms with van der Waals surface area (Å²) < 4.78 is 27.5. The lowest BCUT2D eigenvalue weighted by Crippen LogP contribution is -2.15. The first-order chi connectivity index (χ1) is 9.86. The number of benzene rings is 2. The van der Waals surface area contributed by atoms with Gasteiger partial charge in [0.05, 0.1) is 21.4 Å². The molecule has 2 rings (SSSR count). The molecule has 0 aliphatic heterocycles. The molecule has 21 heavy (non-hydrogen) atoms. The van der Waals surface area contributed by atoms with Crippen molar-refractivity contribution in [1.82, 2.24) is 0 Å². The number of hydrogen-bond donors (Lipinski definition) is 2. The van der Waals surface area contributed by atoms with E-state index in [1.807, 2.05) is 19.1 Å². The Bertz CT molecular complexity index is 777. The highest BCUT2D eigenvalue weighted by molar-refractivity contribution is 7.92. The van der Waals surface area contributed by atoms with E-state index < -0.39 is 10.0 Å². The molecule has 0 bridgehead atoms. The largest absolute Gasteiger partial charge is 0.396 e. The lowest BCUT2D eigenvalue weighted by Gasteiger charge is -2.13. The first-order valence-corrected chi connectivity index (χ1v) is 8.45. The maximum Gasteiger partial charge on any atom is 0.263 e. The van der Waals surface area contributed by atoms with Crippen molar-refractivity contribution in [2.75, 3.05) is 10.5 Å². The molecule has 0 fully saturated rings. The van der Waals surface area contributed by atoms with Gasteiger partial charge in [0.25, 0.3) is 10.0 Å². The van der Waals surface area contributed by atoms with Crippen LogP contribution in [0.1, 0.15) is 12.5 Å². The van der Waals surface area contributed by atoms with E-state index in [1.165, 1.54) is 12.1 Å². The molecule has 7 heteroatoms. The molecule has 0 aromatic heterocycles. The summed E-state index contributed by atoms with van der Waals surface area (Å²) in [6.45, 7) is 1.94. The lowest BCUT2D eigenvalue weighted by atomic mass is 10.1. The zero-order valence-corrected chi connectivity index (χ0v) is 13.6. The molecule has 0 radical (unpaired) electrons. The van der Waals surface area contributed by atoms with E-state index in [0.717, 1.165) is 5.56 Å². The van der Waals surface area contributed by atoms with Crippen LogP contribution in [0, 0.1) is 0 Å². The van der Waals surface area contributed by atoms with Crippen molar-refractivity contribution in [3.8, 4) is 0 Å². The monoisotopic (exact) mass is 344 g/mol. The zero-order chi connectivity index (χ0) is 15.6. The fourth-order valence-electron chi connectivity index (χ4n) is 1.88. The minimum absolute atomic E-state index is 0.0463. The van der Waals surface area contributed by atoms with Crippen molar-refractivity contribution in [2.24, 2.45) is 0 Å². The van der Waals surface area contributed by atoms with E-state index >= 15 is 0 Å². The number of nitrogens with two attached hydrogens (primary N) is 1. The molecule has 0 aliphatic rings. The number of anilines is 2. The Morgan fingerprint density at radius 1 is 1.14 bits per heavy atom. The van der Waals surface area contributed by atoms with Crippen LogP contribution in [0.15, 0.2) is 41.3 Å². The van der Waals surface area contributed by atoms with Crippen LogP contribution in [0.3, 0.4) is 0 Å². The highest BCUT2D eigenvalue weighted by Gasteiger charge is 2.21. The van der Waals surface area contributed by atoms with Crippen molar-refractivity contribution < 1.29 is 8.42 Å². The van der Waals surface area contributed by atoms with Gasteiger partial charge in [-0.2, -0.15) is 0 Å². The van der Waals surface area contributed by atoms with Gasteiger partial charge < -0.3 is 5.73 Å². The topological polar surface area (TPSA) is 72.2 Å². The normalized spacial score (nSPS) is 11.4. The zero-order valence-electron chi connectivity index (χ0n) is 11.2. The number of para-hydroxylation sites is 1. The second-order valence-electron chi connectivity index (χ2n) is 4.39. The summed E-state index contributed by atoms with van der Waals surface area (Å²) >= 11 is 11.8. The number of hydrogen-bond acceptors (Lipinski definition) is 3. The number of rotatable bonds is 4. The maximum absolute atomic E-state index is 12.5. The molecule has 0 spiro atoms. The standard InChI is InChI=1S/C14H14Cl2N2O2S/c1-2-9-5-3-4-6-11(9)18-21(19,20)12-8-7-10(15)14(17)13(12)16/h3-8,18H,2,17H2,1H3. The van der Waals surface area contributed by atoms with Crippen LogP contribution in [0.4, 0.5) is 11.4 Å². The average molecular weight is 345 g/mol. The summed E-state index contributed by atoms with van der Waals surface area (Å²) in [6, 6.07) is 9.90. The Labute approximate surface area is 133 Å². The lowest BCUT2D eigenvalue weighted by molar-refractivity contribution is 0.601. The Hall–Kier alpha value is -1.43. The summed E-state index contributed by atoms with van der Waals surface area (Å²) in [4.78, 5) is -0.100. The predicted molar refractivity (Wildman–Crippen MR) is 87.5 cm³/mol. The highest BCUT2D eigenvalue weighted by atomic mass is 35.5. The van der Waals surface area contributed by atoms with Crippen LogP contribution >= 0.6 is 23.2 Å². The van der Waals surface area contributed by atoms with Crippen molar-refractivity contribution >= 4 is 44.6 Å². The molecule has 0 saturated carbocycles. The molecule has 0 saturated heterocycles. The molecule has 0 aliphatic carbocycles. The van der Waals surface area contributed by atoms with Gasteiger partial charge in [-0.1, -0.05) is 48.3 Å². The first kappa shape index (κ1) is 15.9. The van der Waals surface area contributed by atoms with Crippen LogP contribution in [-0.4, -0.2) is 8.42 Å². The molecule has 2 aromatic carbocycles. The quantitative estimate of drug-likeness (QED) is 0.825.